The number of hydrogen-bond acceptors (Lipinski definition) is 3. The Morgan fingerprint density at radius 3 is 2.72 bits per heavy atom. The first-order valence-electron chi connectivity index (χ1n) is 7.12. The zero-order valence-electron chi connectivity index (χ0n) is 12.1. The maximum Gasteiger partial charge on any atom is 0.121 e. The summed E-state index contributed by atoms with van der Waals surface area (Å²) in [6.45, 7) is 11.0. The number of hydrogen-bond donors (Lipinski definition) is 1. The number of rotatable bonds is 4. The molecule has 102 valence electrons. The van der Waals surface area contributed by atoms with Crippen molar-refractivity contribution in [3.8, 4) is 0 Å². The van der Waals surface area contributed by atoms with Gasteiger partial charge >= 0.3 is 0 Å². The molecular formula is C15H26N2O. The van der Waals surface area contributed by atoms with Crippen molar-refractivity contribution in [3.05, 3.63) is 23.7 Å². The van der Waals surface area contributed by atoms with Crippen LogP contribution in [0.25, 0.3) is 0 Å². The second-order valence-electron chi connectivity index (χ2n) is 5.78. The molecule has 1 N–H and O–H groups in total. The molecule has 2 atom stereocenters. The Morgan fingerprint density at radius 1 is 1.33 bits per heavy atom. The van der Waals surface area contributed by atoms with Crippen LogP contribution < -0.4 is 5.32 Å². The van der Waals surface area contributed by atoms with E-state index in [0.29, 0.717) is 18.1 Å². The third-order valence-electron chi connectivity index (χ3n) is 3.74. The number of aryl methyl sites for hydroxylation is 1. The zero-order valence-corrected chi connectivity index (χ0v) is 12.1. The van der Waals surface area contributed by atoms with Crippen LogP contribution in [-0.2, 0) is 0 Å². The van der Waals surface area contributed by atoms with Crippen LogP contribution in [0.5, 0.6) is 0 Å². The molecule has 0 saturated carbocycles. The summed E-state index contributed by atoms with van der Waals surface area (Å²) < 4.78 is 5.75. The fourth-order valence-corrected chi connectivity index (χ4v) is 2.82. The quantitative estimate of drug-likeness (QED) is 0.890. The van der Waals surface area contributed by atoms with Crippen molar-refractivity contribution in [1.29, 1.82) is 0 Å². The number of nitrogens with zero attached hydrogens (tertiary/aromatic N) is 1. The molecule has 2 unspecified atom stereocenters. The minimum atomic E-state index is 0.385. The molecule has 1 aliphatic heterocycles. The summed E-state index contributed by atoms with van der Waals surface area (Å²) in [5, 5.41) is 3.65. The van der Waals surface area contributed by atoms with Crippen LogP contribution in [0.3, 0.4) is 0 Å². The molecule has 1 saturated heterocycles. The van der Waals surface area contributed by atoms with E-state index in [1.54, 1.807) is 0 Å². The lowest BCUT2D eigenvalue weighted by atomic mass is 10.0. The highest BCUT2D eigenvalue weighted by atomic mass is 16.3. The lowest BCUT2D eigenvalue weighted by Gasteiger charge is -2.37. The lowest BCUT2D eigenvalue weighted by molar-refractivity contribution is 0.128. The standard InChI is InChI=1S/C15H26N2O/c1-11(2)16-14-6-5-9-17(10-14)13(4)15-8-7-12(3)18-15/h7-8,11,13-14,16H,5-6,9-10H2,1-4H3. The summed E-state index contributed by atoms with van der Waals surface area (Å²) in [6.07, 6.45) is 2.56. The van der Waals surface area contributed by atoms with Gasteiger partial charge in [0.15, 0.2) is 0 Å². The number of likely N-dealkylation sites (tertiary alicyclic amines) is 1. The van der Waals surface area contributed by atoms with Gasteiger partial charge in [-0.05, 0) is 45.4 Å². The first-order chi connectivity index (χ1) is 8.56. The molecule has 0 aromatic carbocycles. The lowest BCUT2D eigenvalue weighted by Crippen LogP contribution is -2.48. The van der Waals surface area contributed by atoms with E-state index in [-0.39, 0.29) is 0 Å². The molecule has 2 rings (SSSR count). The first-order valence-corrected chi connectivity index (χ1v) is 7.12. The maximum atomic E-state index is 5.75. The Hall–Kier alpha value is -0.800. The topological polar surface area (TPSA) is 28.4 Å². The molecule has 0 bridgehead atoms. The van der Waals surface area contributed by atoms with Crippen LogP contribution in [0.2, 0.25) is 0 Å². The fraction of sp³-hybridized carbons (Fsp3) is 0.733. The number of nitrogens with one attached hydrogen (secondary N) is 1. The highest BCUT2D eigenvalue weighted by Gasteiger charge is 2.25. The predicted octanol–water partition coefficient (Wildman–Crippen LogP) is 3.11. The largest absolute Gasteiger partial charge is 0.465 e. The average molecular weight is 250 g/mol. The molecule has 0 aliphatic carbocycles. The van der Waals surface area contributed by atoms with Crippen molar-refractivity contribution in [2.75, 3.05) is 13.1 Å². The minimum Gasteiger partial charge on any atom is -0.465 e. The van der Waals surface area contributed by atoms with Crippen molar-refractivity contribution < 1.29 is 4.42 Å². The molecule has 0 spiro atoms. The molecule has 18 heavy (non-hydrogen) atoms. The van der Waals surface area contributed by atoms with Crippen LogP contribution >= 0.6 is 0 Å². The molecule has 1 fully saturated rings. The van der Waals surface area contributed by atoms with Crippen LogP contribution in [0.4, 0.5) is 0 Å². The summed E-state index contributed by atoms with van der Waals surface area (Å²) in [4.78, 5) is 2.53. The van der Waals surface area contributed by atoms with Gasteiger partial charge < -0.3 is 9.73 Å². The van der Waals surface area contributed by atoms with Gasteiger partial charge in [0.2, 0.25) is 0 Å². The predicted molar refractivity (Wildman–Crippen MR) is 74.7 cm³/mol. The van der Waals surface area contributed by atoms with Crippen molar-refractivity contribution in [1.82, 2.24) is 10.2 Å². The van der Waals surface area contributed by atoms with Gasteiger partial charge in [-0.15, -0.1) is 0 Å². The molecule has 2 heterocycles. The van der Waals surface area contributed by atoms with Gasteiger partial charge in [0.25, 0.3) is 0 Å². The van der Waals surface area contributed by atoms with E-state index in [4.69, 9.17) is 4.42 Å². The summed E-state index contributed by atoms with van der Waals surface area (Å²) >= 11 is 0. The maximum absolute atomic E-state index is 5.75. The van der Waals surface area contributed by atoms with Crippen molar-refractivity contribution in [2.24, 2.45) is 0 Å². The monoisotopic (exact) mass is 250 g/mol. The van der Waals surface area contributed by atoms with E-state index >= 15 is 0 Å². The minimum absolute atomic E-state index is 0.385. The Labute approximate surface area is 111 Å². The highest BCUT2D eigenvalue weighted by molar-refractivity contribution is 5.09. The van der Waals surface area contributed by atoms with Crippen molar-refractivity contribution in [3.63, 3.8) is 0 Å². The Balaban J connectivity index is 1.95. The van der Waals surface area contributed by atoms with E-state index in [0.717, 1.165) is 18.1 Å². The fourth-order valence-electron chi connectivity index (χ4n) is 2.82. The van der Waals surface area contributed by atoms with Crippen molar-refractivity contribution >= 4 is 0 Å². The molecule has 0 radical (unpaired) electrons. The zero-order chi connectivity index (χ0) is 13.1. The Kier molecular flexibility index (Phi) is 4.46. The Morgan fingerprint density at radius 2 is 2.11 bits per heavy atom. The normalized spacial score (nSPS) is 23.5. The number of piperidine rings is 1. The SMILES string of the molecule is Cc1ccc(C(C)N2CCCC(NC(C)C)C2)o1. The highest BCUT2D eigenvalue weighted by Crippen LogP contribution is 2.25. The third kappa shape index (κ3) is 3.36. The van der Waals surface area contributed by atoms with Gasteiger partial charge in [0.1, 0.15) is 11.5 Å². The van der Waals surface area contributed by atoms with Gasteiger partial charge in [-0.2, -0.15) is 0 Å². The molecular weight excluding hydrogens is 224 g/mol. The van der Waals surface area contributed by atoms with Crippen LogP contribution in [0.1, 0.15) is 51.2 Å². The molecule has 1 aromatic heterocycles. The van der Waals surface area contributed by atoms with E-state index in [1.807, 2.05) is 6.92 Å². The second kappa shape index (κ2) is 5.89. The average Bonchev–Trinajstić information content (AvgIpc) is 2.74. The van der Waals surface area contributed by atoms with Crippen LogP contribution in [0, 0.1) is 6.92 Å². The van der Waals surface area contributed by atoms with E-state index in [1.165, 1.54) is 19.4 Å². The molecule has 1 aromatic rings. The van der Waals surface area contributed by atoms with Gasteiger partial charge in [0.05, 0.1) is 6.04 Å². The molecule has 3 nitrogen and oxygen atoms in total. The van der Waals surface area contributed by atoms with Gasteiger partial charge in [-0.3, -0.25) is 4.90 Å². The van der Waals surface area contributed by atoms with Gasteiger partial charge in [-0.1, -0.05) is 13.8 Å². The third-order valence-corrected chi connectivity index (χ3v) is 3.74. The van der Waals surface area contributed by atoms with E-state index in [9.17, 15) is 0 Å². The molecule has 0 amide bonds. The summed E-state index contributed by atoms with van der Waals surface area (Å²) in [7, 11) is 0. The summed E-state index contributed by atoms with van der Waals surface area (Å²) in [5.74, 6) is 2.10. The first kappa shape index (κ1) is 13.6. The second-order valence-corrected chi connectivity index (χ2v) is 5.78. The van der Waals surface area contributed by atoms with E-state index < -0.39 is 0 Å². The molecule has 1 aliphatic rings. The van der Waals surface area contributed by atoms with Crippen LogP contribution in [-0.4, -0.2) is 30.1 Å². The molecule has 3 heteroatoms. The van der Waals surface area contributed by atoms with Gasteiger partial charge in [0, 0.05) is 18.6 Å². The van der Waals surface area contributed by atoms with Crippen molar-refractivity contribution in [2.45, 2.75) is 58.7 Å². The number of furan rings is 1. The van der Waals surface area contributed by atoms with E-state index in [2.05, 4.69) is 43.1 Å². The smallest absolute Gasteiger partial charge is 0.121 e. The summed E-state index contributed by atoms with van der Waals surface area (Å²) in [5.41, 5.74) is 0. The summed E-state index contributed by atoms with van der Waals surface area (Å²) in [6, 6.07) is 5.74. The van der Waals surface area contributed by atoms with Gasteiger partial charge in [-0.25, -0.2) is 0 Å². The Bertz CT molecular complexity index is 372. The van der Waals surface area contributed by atoms with Crippen LogP contribution in [0.15, 0.2) is 16.5 Å².